The molecular formula is C18H36O4. The average molecular weight is 316 g/mol. The number of hydrogen-bond acceptors (Lipinski definition) is 4. The molecule has 0 amide bonds. The van der Waals surface area contributed by atoms with Crippen LogP contribution in [-0.4, -0.2) is 22.4 Å². The van der Waals surface area contributed by atoms with E-state index >= 15 is 0 Å². The second-order valence-electron chi connectivity index (χ2n) is 6.33. The Labute approximate surface area is 136 Å². The molecule has 0 aromatic rings. The van der Waals surface area contributed by atoms with Gasteiger partial charge in [-0.3, -0.25) is 0 Å². The monoisotopic (exact) mass is 316 g/mol. The Balaban J connectivity index is 3.19. The molecule has 132 valence electrons. The smallest absolute Gasteiger partial charge is 0.342 e. The third-order valence-electron chi connectivity index (χ3n) is 4.16. The molecule has 1 unspecified atom stereocenters. The maximum absolute atomic E-state index is 10.7. The van der Waals surface area contributed by atoms with Crippen molar-refractivity contribution in [1.82, 2.24) is 0 Å². The molecule has 0 bridgehead atoms. The van der Waals surface area contributed by atoms with Crippen molar-refractivity contribution in [3.63, 3.8) is 0 Å². The minimum Gasteiger partial charge on any atom is -0.393 e. The first-order valence-electron chi connectivity index (χ1n) is 9.23. The lowest BCUT2D eigenvalue weighted by Gasteiger charge is -2.10. The SMILES string of the molecule is CCCCCCCCCC(O)CCCCCCCC(=O)OO. The van der Waals surface area contributed by atoms with Gasteiger partial charge in [0.15, 0.2) is 0 Å². The molecule has 0 aromatic carbocycles. The van der Waals surface area contributed by atoms with Gasteiger partial charge in [-0.05, 0) is 19.3 Å². The van der Waals surface area contributed by atoms with Gasteiger partial charge >= 0.3 is 5.97 Å². The topological polar surface area (TPSA) is 66.8 Å². The van der Waals surface area contributed by atoms with Gasteiger partial charge in [0.1, 0.15) is 0 Å². The van der Waals surface area contributed by atoms with Crippen molar-refractivity contribution in [2.45, 2.75) is 109 Å². The van der Waals surface area contributed by atoms with Crippen LogP contribution >= 0.6 is 0 Å². The number of carbonyl (C=O) groups is 1. The summed E-state index contributed by atoms with van der Waals surface area (Å²) in [4.78, 5) is 14.3. The highest BCUT2D eigenvalue weighted by Gasteiger charge is 2.04. The van der Waals surface area contributed by atoms with Gasteiger partial charge in [-0.1, -0.05) is 77.6 Å². The molecule has 0 rings (SSSR count). The Morgan fingerprint density at radius 2 is 1.27 bits per heavy atom. The van der Waals surface area contributed by atoms with E-state index in [9.17, 15) is 9.90 Å². The average Bonchev–Trinajstić information content (AvgIpc) is 2.52. The van der Waals surface area contributed by atoms with Crippen molar-refractivity contribution < 1.29 is 20.0 Å². The van der Waals surface area contributed by atoms with E-state index in [1.165, 1.54) is 38.5 Å². The van der Waals surface area contributed by atoms with Crippen molar-refractivity contribution in [3.05, 3.63) is 0 Å². The summed E-state index contributed by atoms with van der Waals surface area (Å²) in [5.41, 5.74) is 0. The summed E-state index contributed by atoms with van der Waals surface area (Å²) in [5, 5.41) is 18.0. The maximum Gasteiger partial charge on any atom is 0.342 e. The zero-order valence-electron chi connectivity index (χ0n) is 14.4. The fourth-order valence-electron chi connectivity index (χ4n) is 2.71. The van der Waals surface area contributed by atoms with Gasteiger partial charge in [-0.15, -0.1) is 0 Å². The Morgan fingerprint density at radius 1 is 0.818 bits per heavy atom. The van der Waals surface area contributed by atoms with Gasteiger partial charge in [0.05, 0.1) is 6.10 Å². The van der Waals surface area contributed by atoms with E-state index in [4.69, 9.17) is 5.26 Å². The fourth-order valence-corrected chi connectivity index (χ4v) is 2.71. The van der Waals surface area contributed by atoms with Crippen molar-refractivity contribution in [3.8, 4) is 0 Å². The zero-order chi connectivity index (χ0) is 16.5. The molecule has 22 heavy (non-hydrogen) atoms. The second-order valence-corrected chi connectivity index (χ2v) is 6.33. The van der Waals surface area contributed by atoms with E-state index in [1.54, 1.807) is 0 Å². The molecule has 0 aliphatic heterocycles. The number of aliphatic hydroxyl groups excluding tert-OH is 1. The van der Waals surface area contributed by atoms with E-state index in [-0.39, 0.29) is 12.5 Å². The molecule has 4 nitrogen and oxygen atoms in total. The molecule has 4 heteroatoms. The van der Waals surface area contributed by atoms with Crippen LogP contribution in [0.4, 0.5) is 0 Å². The van der Waals surface area contributed by atoms with Gasteiger partial charge in [0.25, 0.3) is 0 Å². The van der Waals surface area contributed by atoms with Crippen LogP contribution in [0, 0.1) is 0 Å². The summed E-state index contributed by atoms with van der Waals surface area (Å²) >= 11 is 0. The number of carbonyl (C=O) groups excluding carboxylic acids is 1. The Morgan fingerprint density at radius 3 is 1.77 bits per heavy atom. The number of hydrogen-bond donors (Lipinski definition) is 2. The second kappa shape index (κ2) is 16.8. The molecule has 0 aliphatic rings. The third kappa shape index (κ3) is 15.8. The van der Waals surface area contributed by atoms with Crippen LogP contribution in [0.25, 0.3) is 0 Å². The summed E-state index contributed by atoms with van der Waals surface area (Å²) in [5.74, 6) is -0.551. The molecule has 0 aromatic heterocycles. The van der Waals surface area contributed by atoms with Crippen molar-refractivity contribution in [2.75, 3.05) is 0 Å². The summed E-state index contributed by atoms with van der Waals surface area (Å²) < 4.78 is 0. The zero-order valence-corrected chi connectivity index (χ0v) is 14.4. The van der Waals surface area contributed by atoms with Crippen molar-refractivity contribution in [1.29, 1.82) is 0 Å². The quantitative estimate of drug-likeness (QED) is 0.232. The molecule has 0 fully saturated rings. The van der Waals surface area contributed by atoms with E-state index in [0.29, 0.717) is 0 Å². The van der Waals surface area contributed by atoms with Gasteiger partial charge in [0, 0.05) is 6.42 Å². The van der Waals surface area contributed by atoms with Crippen LogP contribution in [0.5, 0.6) is 0 Å². The molecule has 0 spiro atoms. The highest BCUT2D eigenvalue weighted by atomic mass is 17.1. The van der Waals surface area contributed by atoms with Gasteiger partial charge in [-0.2, -0.15) is 5.26 Å². The molecule has 0 heterocycles. The molecule has 0 saturated carbocycles. The highest BCUT2D eigenvalue weighted by molar-refractivity contribution is 5.68. The van der Waals surface area contributed by atoms with Crippen LogP contribution in [0.2, 0.25) is 0 Å². The minimum atomic E-state index is -0.551. The number of aliphatic hydroxyl groups is 1. The number of rotatable bonds is 16. The van der Waals surface area contributed by atoms with Gasteiger partial charge in [0.2, 0.25) is 0 Å². The van der Waals surface area contributed by atoms with Gasteiger partial charge < -0.3 is 9.99 Å². The van der Waals surface area contributed by atoms with Gasteiger partial charge in [-0.25, -0.2) is 4.79 Å². The normalized spacial score (nSPS) is 12.3. The maximum atomic E-state index is 10.7. The predicted molar refractivity (Wildman–Crippen MR) is 89.7 cm³/mol. The lowest BCUT2D eigenvalue weighted by Crippen LogP contribution is -2.06. The Bertz CT molecular complexity index is 243. The molecule has 0 aliphatic carbocycles. The summed E-state index contributed by atoms with van der Waals surface area (Å²) in [7, 11) is 0. The first-order valence-corrected chi connectivity index (χ1v) is 9.23. The third-order valence-corrected chi connectivity index (χ3v) is 4.16. The van der Waals surface area contributed by atoms with Crippen LogP contribution < -0.4 is 0 Å². The number of unbranched alkanes of at least 4 members (excludes halogenated alkanes) is 10. The fraction of sp³-hybridized carbons (Fsp3) is 0.944. The van der Waals surface area contributed by atoms with E-state index in [2.05, 4.69) is 11.8 Å². The minimum absolute atomic E-state index is 0.139. The van der Waals surface area contributed by atoms with Crippen LogP contribution in [0.3, 0.4) is 0 Å². The van der Waals surface area contributed by atoms with Crippen molar-refractivity contribution >= 4 is 5.97 Å². The first kappa shape index (κ1) is 21.4. The Kier molecular flexibility index (Phi) is 16.3. The predicted octanol–water partition coefficient (Wildman–Crippen LogP) is 5.23. The molecule has 0 radical (unpaired) electrons. The highest BCUT2D eigenvalue weighted by Crippen LogP contribution is 2.14. The standard InChI is InChI=1S/C18H36O4/c1-2-3-4-5-6-8-11-14-17(19)15-12-9-7-10-13-16-18(20)22-21/h17,19,21H,2-16H2,1H3. The molecule has 2 N–H and O–H groups in total. The van der Waals surface area contributed by atoms with E-state index in [0.717, 1.165) is 51.4 Å². The first-order chi connectivity index (χ1) is 10.7. The lowest BCUT2D eigenvalue weighted by atomic mass is 10.0. The molecule has 0 saturated heterocycles. The van der Waals surface area contributed by atoms with E-state index in [1.807, 2.05) is 0 Å². The largest absolute Gasteiger partial charge is 0.393 e. The lowest BCUT2D eigenvalue weighted by molar-refractivity contribution is -0.234. The van der Waals surface area contributed by atoms with Crippen LogP contribution in [0.1, 0.15) is 103 Å². The molecule has 1 atom stereocenters. The van der Waals surface area contributed by atoms with E-state index < -0.39 is 5.97 Å². The van der Waals surface area contributed by atoms with Crippen molar-refractivity contribution in [2.24, 2.45) is 0 Å². The molecular weight excluding hydrogens is 280 g/mol. The van der Waals surface area contributed by atoms with Crippen LogP contribution in [-0.2, 0) is 9.68 Å². The summed E-state index contributed by atoms with van der Waals surface area (Å²) in [6.07, 6.45) is 16.0. The Hall–Kier alpha value is -0.610. The van der Waals surface area contributed by atoms with Crippen LogP contribution in [0.15, 0.2) is 0 Å². The summed E-state index contributed by atoms with van der Waals surface area (Å²) in [6, 6.07) is 0. The summed E-state index contributed by atoms with van der Waals surface area (Å²) in [6.45, 7) is 2.24.